The lowest BCUT2D eigenvalue weighted by atomic mass is 10.1. The number of carbonyl (C=O) groups excluding carboxylic acids is 1. The zero-order valence-electron chi connectivity index (χ0n) is 6.55. The minimum atomic E-state index is 0.185. The summed E-state index contributed by atoms with van der Waals surface area (Å²) in [7, 11) is 4.03. The third-order valence-corrected chi connectivity index (χ3v) is 1.95. The Kier molecular flexibility index (Phi) is 2.27. The van der Waals surface area contributed by atoms with Crippen molar-refractivity contribution in [3.63, 3.8) is 0 Å². The summed E-state index contributed by atoms with van der Waals surface area (Å²) in [6, 6.07) is 0.453. The van der Waals surface area contributed by atoms with Gasteiger partial charge in [-0.2, -0.15) is 0 Å². The highest BCUT2D eigenvalue weighted by Gasteiger charge is 2.19. The molecule has 1 amide bonds. The van der Waals surface area contributed by atoms with Crippen LogP contribution in [0.1, 0.15) is 12.8 Å². The second kappa shape index (κ2) is 3.01. The van der Waals surface area contributed by atoms with Gasteiger partial charge in [-0.3, -0.25) is 4.79 Å². The summed E-state index contributed by atoms with van der Waals surface area (Å²) in [5, 5.41) is 2.80. The molecule has 0 radical (unpaired) electrons. The molecule has 0 aromatic heterocycles. The predicted octanol–water partition coefficient (Wildman–Crippen LogP) is -0.173. The molecular weight excluding hydrogens is 128 g/mol. The van der Waals surface area contributed by atoms with Crippen LogP contribution in [0.5, 0.6) is 0 Å². The number of hydrogen-bond donors (Lipinski definition) is 1. The van der Waals surface area contributed by atoms with E-state index in [2.05, 4.69) is 10.2 Å². The minimum absolute atomic E-state index is 0.185. The van der Waals surface area contributed by atoms with E-state index in [1.165, 1.54) is 0 Å². The van der Waals surface area contributed by atoms with Crippen molar-refractivity contribution in [3.05, 3.63) is 0 Å². The number of hydrogen-bond acceptors (Lipinski definition) is 2. The van der Waals surface area contributed by atoms with Crippen LogP contribution in [0.4, 0.5) is 0 Å². The van der Waals surface area contributed by atoms with Crippen molar-refractivity contribution in [2.24, 2.45) is 0 Å². The quantitative estimate of drug-likeness (QED) is 0.551. The van der Waals surface area contributed by atoms with Crippen molar-refractivity contribution >= 4 is 5.91 Å². The number of nitrogens with one attached hydrogen (secondary N) is 1. The molecular formula is C7H14N2O. The summed E-state index contributed by atoms with van der Waals surface area (Å²) in [5.41, 5.74) is 0. The van der Waals surface area contributed by atoms with Gasteiger partial charge in [-0.05, 0) is 20.5 Å². The van der Waals surface area contributed by atoms with E-state index >= 15 is 0 Å². The molecule has 0 aromatic carbocycles. The molecule has 1 atom stereocenters. The fourth-order valence-corrected chi connectivity index (χ4v) is 1.21. The summed E-state index contributed by atoms with van der Waals surface area (Å²) in [6.07, 6.45) is 1.74. The Balaban J connectivity index is 2.39. The first kappa shape index (κ1) is 7.54. The Morgan fingerprint density at radius 2 is 2.30 bits per heavy atom. The molecule has 0 aromatic rings. The molecule has 0 bridgehead atoms. The lowest BCUT2D eigenvalue weighted by molar-refractivity contribution is -0.123. The molecule has 1 fully saturated rings. The van der Waals surface area contributed by atoms with Crippen LogP contribution in [0, 0.1) is 0 Å². The van der Waals surface area contributed by atoms with E-state index in [0.29, 0.717) is 12.5 Å². The van der Waals surface area contributed by atoms with Gasteiger partial charge in [-0.15, -0.1) is 0 Å². The number of carbonyl (C=O) groups is 1. The molecule has 1 unspecified atom stereocenters. The van der Waals surface area contributed by atoms with Crippen molar-refractivity contribution in [2.75, 3.05) is 20.6 Å². The monoisotopic (exact) mass is 142 g/mol. The Bertz CT molecular complexity index is 134. The number of nitrogens with zero attached hydrogens (tertiary/aromatic N) is 1. The molecule has 3 heteroatoms. The van der Waals surface area contributed by atoms with E-state index in [9.17, 15) is 4.79 Å². The van der Waals surface area contributed by atoms with Crippen molar-refractivity contribution < 1.29 is 4.79 Å². The van der Waals surface area contributed by atoms with Crippen LogP contribution in [-0.2, 0) is 4.79 Å². The smallest absolute Gasteiger partial charge is 0.221 e. The van der Waals surface area contributed by atoms with Crippen LogP contribution in [0.15, 0.2) is 0 Å². The van der Waals surface area contributed by atoms with Gasteiger partial charge in [0.2, 0.25) is 5.91 Å². The highest BCUT2D eigenvalue weighted by Crippen LogP contribution is 2.07. The summed E-state index contributed by atoms with van der Waals surface area (Å²) in [5.74, 6) is 0.185. The molecule has 0 saturated carbocycles. The SMILES string of the molecule is CN(C)C1CCNC(=O)C1. The molecule has 10 heavy (non-hydrogen) atoms. The molecule has 0 aliphatic carbocycles. The third kappa shape index (κ3) is 1.70. The Morgan fingerprint density at radius 3 is 2.70 bits per heavy atom. The second-order valence-corrected chi connectivity index (χ2v) is 2.96. The number of rotatable bonds is 1. The maximum Gasteiger partial charge on any atom is 0.221 e. The Hall–Kier alpha value is -0.570. The predicted molar refractivity (Wildman–Crippen MR) is 39.7 cm³/mol. The summed E-state index contributed by atoms with van der Waals surface area (Å²) in [4.78, 5) is 13.0. The second-order valence-electron chi connectivity index (χ2n) is 2.96. The maximum absolute atomic E-state index is 10.8. The molecule has 1 heterocycles. The standard InChI is InChI=1S/C7H14N2O/c1-9(2)6-3-4-8-7(10)5-6/h6H,3-5H2,1-2H3,(H,8,10). The van der Waals surface area contributed by atoms with E-state index < -0.39 is 0 Å². The topological polar surface area (TPSA) is 32.3 Å². The van der Waals surface area contributed by atoms with Crippen molar-refractivity contribution in [1.82, 2.24) is 10.2 Å². The van der Waals surface area contributed by atoms with Crippen LogP contribution in [-0.4, -0.2) is 37.5 Å². The van der Waals surface area contributed by atoms with Crippen molar-refractivity contribution in [1.29, 1.82) is 0 Å². The first-order valence-corrected chi connectivity index (χ1v) is 3.63. The molecule has 1 aliphatic heterocycles. The van der Waals surface area contributed by atoms with Crippen molar-refractivity contribution in [3.8, 4) is 0 Å². The molecule has 1 saturated heterocycles. The van der Waals surface area contributed by atoms with Crippen LogP contribution in [0.2, 0.25) is 0 Å². The first-order valence-electron chi connectivity index (χ1n) is 3.63. The van der Waals surface area contributed by atoms with Gasteiger partial charge in [0.1, 0.15) is 0 Å². The average molecular weight is 142 g/mol. The van der Waals surface area contributed by atoms with Gasteiger partial charge in [0.25, 0.3) is 0 Å². The van der Waals surface area contributed by atoms with E-state index in [0.717, 1.165) is 13.0 Å². The maximum atomic E-state index is 10.8. The molecule has 3 nitrogen and oxygen atoms in total. The Morgan fingerprint density at radius 1 is 1.60 bits per heavy atom. The van der Waals surface area contributed by atoms with Crippen LogP contribution in [0.3, 0.4) is 0 Å². The number of piperidine rings is 1. The van der Waals surface area contributed by atoms with E-state index in [1.807, 2.05) is 14.1 Å². The fraction of sp³-hybridized carbons (Fsp3) is 0.857. The summed E-state index contributed by atoms with van der Waals surface area (Å²) >= 11 is 0. The lowest BCUT2D eigenvalue weighted by Crippen LogP contribution is -2.42. The lowest BCUT2D eigenvalue weighted by Gasteiger charge is -2.27. The third-order valence-electron chi connectivity index (χ3n) is 1.95. The van der Waals surface area contributed by atoms with E-state index in [4.69, 9.17) is 0 Å². The van der Waals surface area contributed by atoms with Crippen molar-refractivity contribution in [2.45, 2.75) is 18.9 Å². The van der Waals surface area contributed by atoms with E-state index in [-0.39, 0.29) is 5.91 Å². The molecule has 58 valence electrons. The van der Waals surface area contributed by atoms with Gasteiger partial charge in [0.05, 0.1) is 0 Å². The van der Waals surface area contributed by atoms with Crippen LogP contribution in [0.25, 0.3) is 0 Å². The van der Waals surface area contributed by atoms with Gasteiger partial charge >= 0.3 is 0 Å². The summed E-state index contributed by atoms with van der Waals surface area (Å²) < 4.78 is 0. The van der Waals surface area contributed by atoms with Crippen LogP contribution >= 0.6 is 0 Å². The largest absolute Gasteiger partial charge is 0.356 e. The molecule has 1 aliphatic rings. The van der Waals surface area contributed by atoms with Gasteiger partial charge in [-0.1, -0.05) is 0 Å². The first-order chi connectivity index (χ1) is 4.70. The molecule has 1 rings (SSSR count). The highest BCUT2D eigenvalue weighted by atomic mass is 16.1. The zero-order chi connectivity index (χ0) is 7.56. The van der Waals surface area contributed by atoms with Gasteiger partial charge < -0.3 is 10.2 Å². The van der Waals surface area contributed by atoms with E-state index in [1.54, 1.807) is 0 Å². The molecule has 0 spiro atoms. The number of amides is 1. The minimum Gasteiger partial charge on any atom is -0.356 e. The van der Waals surface area contributed by atoms with Crippen LogP contribution < -0.4 is 5.32 Å². The molecule has 1 N–H and O–H groups in total. The average Bonchev–Trinajstić information content (AvgIpc) is 1.88. The highest BCUT2D eigenvalue weighted by molar-refractivity contribution is 5.77. The summed E-state index contributed by atoms with van der Waals surface area (Å²) in [6.45, 7) is 0.835. The Labute approximate surface area is 61.4 Å². The zero-order valence-corrected chi connectivity index (χ0v) is 6.55. The van der Waals surface area contributed by atoms with Gasteiger partial charge in [0, 0.05) is 19.0 Å². The van der Waals surface area contributed by atoms with Gasteiger partial charge in [0.15, 0.2) is 0 Å². The normalized spacial score (nSPS) is 26.7. The fourth-order valence-electron chi connectivity index (χ4n) is 1.21. The van der Waals surface area contributed by atoms with Gasteiger partial charge in [-0.25, -0.2) is 0 Å².